The first-order valence-corrected chi connectivity index (χ1v) is 11.1. The van der Waals surface area contributed by atoms with E-state index in [2.05, 4.69) is 33.9 Å². The van der Waals surface area contributed by atoms with Gasteiger partial charge in [0.1, 0.15) is 4.83 Å². The number of hydrogen-bond donors (Lipinski definition) is 2. The number of ether oxygens (including phenoxy) is 1. The summed E-state index contributed by atoms with van der Waals surface area (Å²) >= 11 is 2.72. The molecule has 0 radical (unpaired) electrons. The van der Waals surface area contributed by atoms with Gasteiger partial charge in [0.15, 0.2) is 5.16 Å². The van der Waals surface area contributed by atoms with Crippen LogP contribution in [-0.4, -0.2) is 41.3 Å². The Hall–Kier alpha value is -1.87. The van der Waals surface area contributed by atoms with E-state index >= 15 is 0 Å². The number of H-pyrrole nitrogens is 1. The van der Waals surface area contributed by atoms with E-state index in [0.29, 0.717) is 29.4 Å². The fourth-order valence-electron chi connectivity index (χ4n) is 2.71. The second-order valence-electron chi connectivity index (χ2n) is 6.72. The van der Waals surface area contributed by atoms with Crippen molar-refractivity contribution in [2.24, 2.45) is 5.92 Å². The zero-order valence-corrected chi connectivity index (χ0v) is 18.3. The van der Waals surface area contributed by atoms with Crippen molar-refractivity contribution in [3.8, 4) is 0 Å². The lowest BCUT2D eigenvalue weighted by Gasteiger charge is -2.08. The van der Waals surface area contributed by atoms with Crippen LogP contribution in [0, 0.1) is 12.8 Å². The van der Waals surface area contributed by atoms with E-state index in [0.717, 1.165) is 28.1 Å². The monoisotopic (exact) mass is 425 g/mol. The molecule has 0 bridgehead atoms. The molecule has 0 fully saturated rings. The van der Waals surface area contributed by atoms with Crippen LogP contribution in [0.15, 0.2) is 9.95 Å². The van der Waals surface area contributed by atoms with E-state index in [1.165, 1.54) is 30.2 Å². The molecule has 2 N–H and O–H groups in total. The van der Waals surface area contributed by atoms with Crippen LogP contribution in [0.5, 0.6) is 0 Å². The summed E-state index contributed by atoms with van der Waals surface area (Å²) in [5.41, 5.74) is 0.941. The molecule has 9 heteroatoms. The number of carbonyl (C=O) groups is 2. The number of hydrogen-bond acceptors (Lipinski definition) is 7. The fourth-order valence-corrected chi connectivity index (χ4v) is 4.51. The van der Waals surface area contributed by atoms with Gasteiger partial charge in [-0.25, -0.2) is 4.98 Å². The largest absolute Gasteiger partial charge is 0.469 e. The molecule has 0 spiro atoms. The SMILES string of the molecule is CCC(C)Cc1c(C)sc2nc(SCC(=O)NCCCC(=O)OC)[nH]c(=O)c12. The number of thioether (sulfide) groups is 1. The van der Waals surface area contributed by atoms with Crippen LogP contribution >= 0.6 is 23.1 Å². The zero-order valence-electron chi connectivity index (χ0n) is 16.7. The lowest BCUT2D eigenvalue weighted by molar-refractivity contribution is -0.140. The molecule has 2 aromatic heterocycles. The number of aromatic amines is 1. The van der Waals surface area contributed by atoms with Crippen molar-refractivity contribution in [3.05, 3.63) is 20.8 Å². The van der Waals surface area contributed by atoms with Crippen molar-refractivity contribution in [2.75, 3.05) is 19.4 Å². The molecule has 0 saturated heterocycles. The van der Waals surface area contributed by atoms with Gasteiger partial charge in [0.25, 0.3) is 5.56 Å². The van der Waals surface area contributed by atoms with Gasteiger partial charge in [0.05, 0.1) is 18.2 Å². The minimum atomic E-state index is -0.294. The molecule has 28 heavy (non-hydrogen) atoms. The summed E-state index contributed by atoms with van der Waals surface area (Å²) in [6, 6.07) is 0. The summed E-state index contributed by atoms with van der Waals surface area (Å²) in [6.07, 6.45) is 2.72. The standard InChI is InChI=1S/C19H27N3O4S2/c1-5-11(2)9-13-12(3)28-18-16(13)17(25)21-19(22-18)27-10-14(23)20-8-6-7-15(24)26-4/h11H,5-10H2,1-4H3,(H,20,23)(H,21,22,25). The maximum Gasteiger partial charge on any atom is 0.305 e. The Labute approximate surface area is 172 Å². The number of nitrogens with zero attached hydrogens (tertiary/aromatic N) is 1. The number of carbonyl (C=O) groups excluding carboxylic acids is 2. The highest BCUT2D eigenvalue weighted by Crippen LogP contribution is 2.30. The summed E-state index contributed by atoms with van der Waals surface area (Å²) in [5, 5.41) is 3.86. The Bertz CT molecular complexity index is 891. The second kappa shape index (κ2) is 10.6. The van der Waals surface area contributed by atoms with Crippen molar-refractivity contribution in [3.63, 3.8) is 0 Å². The topological polar surface area (TPSA) is 101 Å². The summed E-state index contributed by atoms with van der Waals surface area (Å²) in [6.45, 7) is 6.75. The Kier molecular flexibility index (Phi) is 8.50. The van der Waals surface area contributed by atoms with Gasteiger partial charge in [-0.3, -0.25) is 14.4 Å². The third-order valence-corrected chi connectivity index (χ3v) is 6.45. The van der Waals surface area contributed by atoms with Crippen LogP contribution in [0.2, 0.25) is 0 Å². The Morgan fingerprint density at radius 1 is 1.39 bits per heavy atom. The van der Waals surface area contributed by atoms with Crippen molar-refractivity contribution < 1.29 is 14.3 Å². The highest BCUT2D eigenvalue weighted by Gasteiger charge is 2.17. The first-order chi connectivity index (χ1) is 13.3. The van der Waals surface area contributed by atoms with E-state index in [-0.39, 0.29) is 29.6 Å². The van der Waals surface area contributed by atoms with Crippen molar-refractivity contribution >= 4 is 45.2 Å². The van der Waals surface area contributed by atoms with Gasteiger partial charge < -0.3 is 15.0 Å². The first-order valence-electron chi connectivity index (χ1n) is 9.34. The molecule has 1 unspecified atom stereocenters. The molecule has 154 valence electrons. The Balaban J connectivity index is 1.98. The minimum absolute atomic E-state index is 0.145. The van der Waals surface area contributed by atoms with Crippen LogP contribution in [0.1, 0.15) is 43.6 Å². The lowest BCUT2D eigenvalue weighted by Crippen LogP contribution is -2.26. The molecule has 0 aliphatic carbocycles. The number of amides is 1. The summed E-state index contributed by atoms with van der Waals surface area (Å²) in [4.78, 5) is 44.7. The third kappa shape index (κ3) is 6.07. The van der Waals surface area contributed by atoms with E-state index < -0.39 is 0 Å². The minimum Gasteiger partial charge on any atom is -0.469 e. The number of fused-ring (bicyclic) bond motifs is 1. The van der Waals surface area contributed by atoms with Gasteiger partial charge in [-0.15, -0.1) is 11.3 Å². The molecular formula is C19H27N3O4S2. The maximum atomic E-state index is 12.6. The van der Waals surface area contributed by atoms with Gasteiger partial charge in [-0.1, -0.05) is 32.0 Å². The summed E-state index contributed by atoms with van der Waals surface area (Å²) in [5.74, 6) is 0.194. The number of nitrogens with one attached hydrogen (secondary N) is 2. The molecule has 2 aromatic rings. The van der Waals surface area contributed by atoms with E-state index in [4.69, 9.17) is 0 Å². The number of methoxy groups -OCH3 is 1. The number of thiophene rings is 1. The van der Waals surface area contributed by atoms with Crippen molar-refractivity contribution in [2.45, 2.75) is 51.6 Å². The molecule has 2 heterocycles. The number of aryl methyl sites for hydroxylation is 1. The molecule has 2 rings (SSSR count). The molecule has 7 nitrogen and oxygen atoms in total. The summed E-state index contributed by atoms with van der Waals surface area (Å²) < 4.78 is 4.55. The predicted molar refractivity (Wildman–Crippen MR) is 113 cm³/mol. The van der Waals surface area contributed by atoms with Gasteiger partial charge in [-0.05, 0) is 31.2 Å². The van der Waals surface area contributed by atoms with E-state index in [1.54, 1.807) is 0 Å². The van der Waals surface area contributed by atoms with E-state index in [9.17, 15) is 14.4 Å². The Morgan fingerprint density at radius 3 is 2.82 bits per heavy atom. The quantitative estimate of drug-likeness (QED) is 0.263. The lowest BCUT2D eigenvalue weighted by atomic mass is 9.98. The van der Waals surface area contributed by atoms with E-state index in [1.807, 2.05) is 6.92 Å². The second-order valence-corrected chi connectivity index (χ2v) is 8.89. The summed E-state index contributed by atoms with van der Waals surface area (Å²) in [7, 11) is 1.34. The van der Waals surface area contributed by atoms with Gasteiger partial charge in [0, 0.05) is 17.8 Å². The van der Waals surface area contributed by atoms with Gasteiger partial charge in [-0.2, -0.15) is 0 Å². The molecule has 1 atom stereocenters. The van der Waals surface area contributed by atoms with Gasteiger partial charge in [0.2, 0.25) is 5.91 Å². The van der Waals surface area contributed by atoms with Crippen LogP contribution in [-0.2, 0) is 20.7 Å². The zero-order chi connectivity index (χ0) is 20.7. The fraction of sp³-hybridized carbons (Fsp3) is 0.579. The average molecular weight is 426 g/mol. The molecular weight excluding hydrogens is 398 g/mol. The third-order valence-electron chi connectivity index (χ3n) is 4.54. The molecule has 0 aromatic carbocycles. The van der Waals surface area contributed by atoms with Crippen LogP contribution in [0.3, 0.4) is 0 Å². The average Bonchev–Trinajstić information content (AvgIpc) is 2.98. The van der Waals surface area contributed by atoms with Crippen LogP contribution in [0.4, 0.5) is 0 Å². The first kappa shape index (κ1) is 22.4. The van der Waals surface area contributed by atoms with Crippen molar-refractivity contribution in [1.82, 2.24) is 15.3 Å². The van der Waals surface area contributed by atoms with Gasteiger partial charge >= 0.3 is 5.97 Å². The normalized spacial score (nSPS) is 12.1. The maximum absolute atomic E-state index is 12.6. The van der Waals surface area contributed by atoms with Crippen molar-refractivity contribution in [1.29, 1.82) is 0 Å². The number of rotatable bonds is 10. The molecule has 0 saturated carbocycles. The highest BCUT2D eigenvalue weighted by molar-refractivity contribution is 7.99. The predicted octanol–water partition coefficient (Wildman–Crippen LogP) is 3.04. The van der Waals surface area contributed by atoms with Crippen LogP contribution < -0.4 is 10.9 Å². The smallest absolute Gasteiger partial charge is 0.305 e. The highest BCUT2D eigenvalue weighted by atomic mass is 32.2. The number of esters is 1. The molecule has 1 amide bonds. The Morgan fingerprint density at radius 2 is 2.14 bits per heavy atom. The molecule has 0 aliphatic heterocycles. The molecule has 0 aliphatic rings. The number of aromatic nitrogens is 2. The van der Waals surface area contributed by atoms with Crippen LogP contribution in [0.25, 0.3) is 10.2 Å².